The number of nitrogens with one attached hydrogen (secondary N) is 1. The number of benzene rings is 2. The van der Waals surface area contributed by atoms with Crippen molar-refractivity contribution in [2.24, 2.45) is 0 Å². The Morgan fingerprint density at radius 2 is 1.96 bits per heavy atom. The van der Waals surface area contributed by atoms with E-state index in [0.29, 0.717) is 22.3 Å². The van der Waals surface area contributed by atoms with Crippen molar-refractivity contribution in [2.45, 2.75) is 6.54 Å². The first-order chi connectivity index (χ1) is 12.0. The van der Waals surface area contributed by atoms with Crippen LogP contribution in [0.4, 0.5) is 11.4 Å². The molecule has 0 radical (unpaired) electrons. The number of hydrogen-bond acceptors (Lipinski definition) is 6. The summed E-state index contributed by atoms with van der Waals surface area (Å²) in [7, 11) is 0. The van der Waals surface area contributed by atoms with E-state index in [1.807, 2.05) is 0 Å². The van der Waals surface area contributed by atoms with E-state index >= 15 is 0 Å². The van der Waals surface area contributed by atoms with Crippen LogP contribution >= 0.6 is 22.9 Å². The van der Waals surface area contributed by atoms with Crippen molar-refractivity contribution in [1.82, 2.24) is 4.98 Å². The summed E-state index contributed by atoms with van der Waals surface area (Å²) in [6.07, 6.45) is 1.61. The summed E-state index contributed by atoms with van der Waals surface area (Å²) in [5.41, 5.74) is 0.928. The van der Waals surface area contributed by atoms with Gasteiger partial charge in [0.15, 0.2) is 10.3 Å². The molecule has 0 amide bonds. The van der Waals surface area contributed by atoms with Gasteiger partial charge in [-0.2, -0.15) is 0 Å². The molecule has 0 bridgehead atoms. The predicted octanol–water partition coefficient (Wildman–Crippen LogP) is 4.55. The van der Waals surface area contributed by atoms with Gasteiger partial charge in [0.1, 0.15) is 5.69 Å². The van der Waals surface area contributed by atoms with Gasteiger partial charge in [-0.1, -0.05) is 41.9 Å². The van der Waals surface area contributed by atoms with E-state index in [9.17, 15) is 14.9 Å². The number of nitro groups is 1. The van der Waals surface area contributed by atoms with Crippen LogP contribution in [0.25, 0.3) is 0 Å². The Morgan fingerprint density at radius 1 is 1.20 bits per heavy atom. The molecule has 8 heteroatoms. The smallest absolute Gasteiger partial charge is 0.293 e. The molecule has 0 aliphatic carbocycles. The second-order valence-electron chi connectivity index (χ2n) is 5.12. The second-order valence-corrected chi connectivity index (χ2v) is 6.81. The molecule has 0 spiro atoms. The van der Waals surface area contributed by atoms with Crippen molar-refractivity contribution < 1.29 is 9.72 Å². The van der Waals surface area contributed by atoms with Gasteiger partial charge in [-0.3, -0.25) is 14.9 Å². The van der Waals surface area contributed by atoms with Gasteiger partial charge in [-0.05, 0) is 12.1 Å². The van der Waals surface area contributed by atoms with E-state index in [-0.39, 0.29) is 17.0 Å². The van der Waals surface area contributed by atoms with Gasteiger partial charge in [0.05, 0.1) is 11.5 Å². The summed E-state index contributed by atoms with van der Waals surface area (Å²) in [5.74, 6) is -0.260. The number of carbonyl (C=O) groups excluding carboxylic acids is 1. The topological polar surface area (TPSA) is 85.1 Å². The molecular weight excluding hydrogens is 362 g/mol. The maximum Gasteiger partial charge on any atom is 0.293 e. The fraction of sp³-hybridized carbons (Fsp3) is 0.0588. The van der Waals surface area contributed by atoms with Gasteiger partial charge in [0.2, 0.25) is 0 Å². The molecule has 126 valence electrons. The molecule has 25 heavy (non-hydrogen) atoms. The molecule has 1 N–H and O–H groups in total. The lowest BCUT2D eigenvalue weighted by molar-refractivity contribution is -0.384. The summed E-state index contributed by atoms with van der Waals surface area (Å²) in [6, 6.07) is 13.0. The van der Waals surface area contributed by atoms with E-state index in [2.05, 4.69) is 10.3 Å². The highest BCUT2D eigenvalue weighted by Crippen LogP contribution is 2.28. The minimum Gasteiger partial charge on any atom is -0.375 e. The summed E-state index contributed by atoms with van der Waals surface area (Å²) < 4.78 is 0.412. The average molecular weight is 374 g/mol. The molecule has 0 fully saturated rings. The molecule has 0 atom stereocenters. The van der Waals surface area contributed by atoms with E-state index in [1.54, 1.807) is 42.6 Å². The van der Waals surface area contributed by atoms with Crippen molar-refractivity contribution in [3.63, 3.8) is 0 Å². The Morgan fingerprint density at radius 3 is 2.60 bits per heavy atom. The number of halogens is 1. The molecule has 0 saturated carbocycles. The van der Waals surface area contributed by atoms with Gasteiger partial charge in [0.25, 0.3) is 5.69 Å². The molecule has 0 saturated heterocycles. The summed E-state index contributed by atoms with van der Waals surface area (Å²) in [4.78, 5) is 28.1. The fourth-order valence-electron chi connectivity index (χ4n) is 2.28. The largest absolute Gasteiger partial charge is 0.375 e. The first-order valence-corrected chi connectivity index (χ1v) is 8.46. The third kappa shape index (κ3) is 4.01. The molecule has 0 aliphatic heterocycles. The van der Waals surface area contributed by atoms with Crippen LogP contribution in [-0.4, -0.2) is 15.7 Å². The van der Waals surface area contributed by atoms with E-state index in [1.165, 1.54) is 23.5 Å². The normalized spacial score (nSPS) is 10.4. The minimum atomic E-state index is -0.510. The number of nitro benzene ring substituents is 1. The first-order valence-electron chi connectivity index (χ1n) is 7.27. The SMILES string of the molecule is O=C(c1ccccc1)c1ccc(NCc2cnc(Cl)s2)c([N+](=O)[O-])c1. The summed E-state index contributed by atoms with van der Waals surface area (Å²) in [5, 5.41) is 14.4. The van der Waals surface area contributed by atoms with Crippen LogP contribution in [0.15, 0.2) is 54.7 Å². The lowest BCUT2D eigenvalue weighted by Gasteiger charge is -2.07. The maximum atomic E-state index is 12.5. The van der Waals surface area contributed by atoms with Crippen molar-refractivity contribution >= 4 is 40.1 Å². The van der Waals surface area contributed by atoms with Crippen molar-refractivity contribution in [3.8, 4) is 0 Å². The third-order valence-electron chi connectivity index (χ3n) is 3.47. The second kappa shape index (κ2) is 7.42. The van der Waals surface area contributed by atoms with Crippen molar-refractivity contribution in [2.75, 3.05) is 5.32 Å². The summed E-state index contributed by atoms with van der Waals surface area (Å²) >= 11 is 7.07. The maximum absolute atomic E-state index is 12.5. The molecule has 3 aromatic rings. The van der Waals surface area contributed by atoms with Gasteiger partial charge < -0.3 is 5.32 Å². The molecule has 3 rings (SSSR count). The van der Waals surface area contributed by atoms with Crippen LogP contribution in [0.2, 0.25) is 4.47 Å². The third-order valence-corrected chi connectivity index (χ3v) is 4.59. The van der Waals surface area contributed by atoms with E-state index in [0.717, 1.165) is 4.88 Å². The minimum absolute atomic E-state index is 0.155. The zero-order chi connectivity index (χ0) is 17.8. The molecular formula is C17H12ClN3O3S. The highest BCUT2D eigenvalue weighted by molar-refractivity contribution is 7.15. The number of aromatic nitrogens is 1. The lowest BCUT2D eigenvalue weighted by atomic mass is 10.0. The molecule has 1 aromatic heterocycles. The Bertz CT molecular complexity index is 928. The van der Waals surface area contributed by atoms with Gasteiger partial charge in [-0.25, -0.2) is 4.98 Å². The Balaban J connectivity index is 1.85. The highest BCUT2D eigenvalue weighted by atomic mass is 35.5. The van der Waals surface area contributed by atoms with Gasteiger partial charge in [-0.15, -0.1) is 11.3 Å². The molecule has 0 aliphatic rings. The number of hydrogen-bond donors (Lipinski definition) is 1. The van der Waals surface area contributed by atoms with Crippen LogP contribution in [0, 0.1) is 10.1 Å². The Labute approximate surface area is 152 Å². The van der Waals surface area contributed by atoms with Gasteiger partial charge in [0, 0.05) is 28.3 Å². The molecule has 1 heterocycles. The molecule has 2 aromatic carbocycles. The van der Waals surface area contributed by atoms with Crippen molar-refractivity contribution in [1.29, 1.82) is 0 Å². The van der Waals surface area contributed by atoms with Crippen LogP contribution in [0.5, 0.6) is 0 Å². The number of thiazole rings is 1. The number of carbonyl (C=O) groups is 1. The standard InChI is InChI=1S/C17H12ClN3O3S/c18-17-20-10-13(25-17)9-19-14-7-6-12(8-15(14)21(23)24)16(22)11-4-2-1-3-5-11/h1-8,10,19H,9H2. The summed E-state index contributed by atoms with van der Waals surface area (Å²) in [6.45, 7) is 0.358. The van der Waals surface area contributed by atoms with Crippen LogP contribution in [0.3, 0.4) is 0 Å². The number of rotatable bonds is 6. The van der Waals surface area contributed by atoms with Crippen LogP contribution < -0.4 is 5.32 Å². The monoisotopic (exact) mass is 373 g/mol. The molecule has 6 nitrogen and oxygen atoms in total. The zero-order valence-corrected chi connectivity index (χ0v) is 14.4. The van der Waals surface area contributed by atoms with Crippen molar-refractivity contribution in [3.05, 3.63) is 85.3 Å². The van der Waals surface area contributed by atoms with E-state index < -0.39 is 4.92 Å². The number of anilines is 1. The van der Waals surface area contributed by atoms with Crippen LogP contribution in [-0.2, 0) is 6.54 Å². The van der Waals surface area contributed by atoms with Gasteiger partial charge >= 0.3 is 0 Å². The Kier molecular flexibility index (Phi) is 5.06. The van der Waals surface area contributed by atoms with E-state index in [4.69, 9.17) is 11.6 Å². The lowest BCUT2D eigenvalue weighted by Crippen LogP contribution is -2.05. The first kappa shape index (κ1) is 17.1. The molecule has 0 unspecified atom stereocenters. The average Bonchev–Trinajstić information content (AvgIpc) is 3.05. The highest BCUT2D eigenvalue weighted by Gasteiger charge is 2.18. The van der Waals surface area contributed by atoms with Crippen LogP contribution in [0.1, 0.15) is 20.8 Å². The predicted molar refractivity (Wildman–Crippen MR) is 97.4 cm³/mol. The fourth-order valence-corrected chi connectivity index (χ4v) is 3.19. The quantitative estimate of drug-likeness (QED) is 0.389. The zero-order valence-electron chi connectivity index (χ0n) is 12.8. The number of ketones is 1. The Hall–Kier alpha value is -2.77. The number of nitrogens with zero attached hydrogens (tertiary/aromatic N) is 2.